The zero-order valence-electron chi connectivity index (χ0n) is 12.6. The highest BCUT2D eigenvalue weighted by atomic mass is 28.4. The molecule has 0 N–H and O–H groups in total. The van der Waals surface area contributed by atoms with Crippen LogP contribution in [0.3, 0.4) is 0 Å². The lowest BCUT2D eigenvalue weighted by Crippen LogP contribution is -2.26. The van der Waals surface area contributed by atoms with Crippen LogP contribution >= 0.6 is 0 Å². The molecule has 0 spiro atoms. The van der Waals surface area contributed by atoms with Gasteiger partial charge in [0.25, 0.3) is 0 Å². The number of hydrogen-bond acceptors (Lipinski definition) is 3. The second-order valence-corrected chi connectivity index (χ2v) is 9.76. The van der Waals surface area contributed by atoms with Crippen LogP contribution in [-0.4, -0.2) is 20.9 Å². The molecule has 0 amide bonds. The van der Waals surface area contributed by atoms with Gasteiger partial charge in [-0.15, -0.1) is 0 Å². The Labute approximate surface area is 122 Å². The van der Waals surface area contributed by atoms with E-state index in [0.717, 1.165) is 5.56 Å². The molecular weight excluding hydrogens is 268 g/mol. The maximum absolute atomic E-state index is 12.1. The molecule has 0 aromatic heterocycles. The predicted octanol–water partition coefficient (Wildman–Crippen LogP) is 4.00. The molecule has 0 aliphatic heterocycles. The summed E-state index contributed by atoms with van der Waals surface area (Å²) in [5.41, 5.74) is 1.29. The fraction of sp³-hybridized carbons (Fsp3) is 0.312. The summed E-state index contributed by atoms with van der Waals surface area (Å²) in [6.45, 7) is 12.1. The van der Waals surface area contributed by atoms with Gasteiger partial charge in [0.1, 0.15) is 11.3 Å². The van der Waals surface area contributed by atoms with Crippen molar-refractivity contribution in [1.82, 2.24) is 0 Å². The highest BCUT2D eigenvalue weighted by Gasteiger charge is 2.22. The van der Waals surface area contributed by atoms with Gasteiger partial charge in [-0.3, -0.25) is 0 Å². The quantitative estimate of drug-likeness (QED) is 0.261. The SMILES string of the molecule is C=C(O[Si](C)(C)C)/C(=C/c1ccccc1)C(=O)OCC. The lowest BCUT2D eigenvalue weighted by Gasteiger charge is -2.22. The Balaban J connectivity index is 3.06. The first-order chi connectivity index (χ1) is 9.33. The van der Waals surface area contributed by atoms with E-state index in [2.05, 4.69) is 6.58 Å². The van der Waals surface area contributed by atoms with E-state index in [1.54, 1.807) is 13.0 Å². The summed E-state index contributed by atoms with van der Waals surface area (Å²) in [6.07, 6.45) is 1.75. The third-order valence-electron chi connectivity index (χ3n) is 2.34. The average molecular weight is 290 g/mol. The molecule has 0 radical (unpaired) electrons. The van der Waals surface area contributed by atoms with E-state index in [9.17, 15) is 4.79 Å². The molecule has 20 heavy (non-hydrogen) atoms. The third kappa shape index (κ3) is 5.44. The van der Waals surface area contributed by atoms with Gasteiger partial charge >= 0.3 is 5.97 Å². The molecule has 0 saturated heterocycles. The summed E-state index contributed by atoms with van der Waals surface area (Å²) in [4.78, 5) is 12.1. The lowest BCUT2D eigenvalue weighted by atomic mass is 10.1. The number of ether oxygens (including phenoxy) is 1. The zero-order chi connectivity index (χ0) is 15.2. The minimum absolute atomic E-state index is 0.325. The summed E-state index contributed by atoms with van der Waals surface area (Å²) >= 11 is 0. The van der Waals surface area contributed by atoms with Crippen LogP contribution in [0.2, 0.25) is 19.6 Å². The first kappa shape index (κ1) is 16.2. The van der Waals surface area contributed by atoms with E-state index in [4.69, 9.17) is 9.16 Å². The average Bonchev–Trinajstić information content (AvgIpc) is 2.35. The van der Waals surface area contributed by atoms with E-state index in [0.29, 0.717) is 17.9 Å². The molecule has 0 aliphatic carbocycles. The van der Waals surface area contributed by atoms with Crippen molar-refractivity contribution in [3.8, 4) is 0 Å². The van der Waals surface area contributed by atoms with E-state index in [-0.39, 0.29) is 0 Å². The highest BCUT2D eigenvalue weighted by Crippen LogP contribution is 2.20. The van der Waals surface area contributed by atoms with E-state index in [1.807, 2.05) is 50.0 Å². The molecule has 3 nitrogen and oxygen atoms in total. The van der Waals surface area contributed by atoms with Gasteiger partial charge in [-0.05, 0) is 38.2 Å². The Morgan fingerprint density at radius 3 is 2.35 bits per heavy atom. The van der Waals surface area contributed by atoms with Crippen LogP contribution in [-0.2, 0) is 14.0 Å². The molecule has 0 fully saturated rings. The first-order valence-electron chi connectivity index (χ1n) is 6.65. The van der Waals surface area contributed by atoms with Gasteiger partial charge in [0, 0.05) is 0 Å². The Morgan fingerprint density at radius 1 is 1.25 bits per heavy atom. The van der Waals surface area contributed by atoms with Crippen LogP contribution in [0.25, 0.3) is 6.08 Å². The minimum Gasteiger partial charge on any atom is -0.544 e. The fourth-order valence-corrected chi connectivity index (χ4v) is 2.45. The summed E-state index contributed by atoms with van der Waals surface area (Å²) in [6, 6.07) is 9.59. The van der Waals surface area contributed by atoms with Gasteiger partial charge in [-0.25, -0.2) is 4.79 Å². The molecule has 1 rings (SSSR count). The maximum atomic E-state index is 12.1. The molecule has 0 heterocycles. The van der Waals surface area contributed by atoms with Crippen molar-refractivity contribution in [2.24, 2.45) is 0 Å². The summed E-state index contributed by atoms with van der Waals surface area (Å²) in [5.74, 6) is -0.0222. The van der Waals surface area contributed by atoms with Crippen molar-refractivity contribution in [2.75, 3.05) is 6.61 Å². The first-order valence-corrected chi connectivity index (χ1v) is 10.1. The lowest BCUT2D eigenvalue weighted by molar-refractivity contribution is -0.138. The smallest absolute Gasteiger partial charge is 0.341 e. The molecule has 0 aliphatic rings. The number of rotatable bonds is 6. The molecular formula is C16H22O3Si. The van der Waals surface area contributed by atoms with Gasteiger partial charge in [0.05, 0.1) is 6.61 Å². The topological polar surface area (TPSA) is 35.5 Å². The molecule has 0 saturated carbocycles. The highest BCUT2D eigenvalue weighted by molar-refractivity contribution is 6.70. The van der Waals surface area contributed by atoms with E-state index in [1.165, 1.54) is 0 Å². The van der Waals surface area contributed by atoms with Gasteiger partial charge in [0.15, 0.2) is 0 Å². The van der Waals surface area contributed by atoms with Crippen molar-refractivity contribution >= 4 is 20.4 Å². The molecule has 1 aromatic carbocycles. The van der Waals surface area contributed by atoms with Crippen LogP contribution in [0, 0.1) is 0 Å². The van der Waals surface area contributed by atoms with Crippen molar-refractivity contribution in [2.45, 2.75) is 26.6 Å². The minimum atomic E-state index is -1.82. The molecule has 4 heteroatoms. The van der Waals surface area contributed by atoms with Crippen molar-refractivity contribution < 1.29 is 14.0 Å². The number of carbonyl (C=O) groups is 1. The molecule has 0 unspecified atom stereocenters. The van der Waals surface area contributed by atoms with Gasteiger partial charge in [-0.2, -0.15) is 0 Å². The molecule has 0 bridgehead atoms. The van der Waals surface area contributed by atoms with Crippen LogP contribution in [0.5, 0.6) is 0 Å². The number of esters is 1. The van der Waals surface area contributed by atoms with Crippen LogP contribution in [0.1, 0.15) is 12.5 Å². The normalized spacial score (nSPS) is 11.9. The Hall–Kier alpha value is -1.81. The molecule has 0 atom stereocenters. The van der Waals surface area contributed by atoms with Crippen molar-refractivity contribution in [3.05, 3.63) is 53.8 Å². The standard InChI is InChI=1S/C16H22O3Si/c1-6-18-16(17)15(13(2)19-20(3,4)5)12-14-10-8-7-9-11-14/h7-12H,2,6H2,1,3-5H3/b15-12-. The van der Waals surface area contributed by atoms with Crippen LogP contribution in [0.15, 0.2) is 48.2 Å². The van der Waals surface area contributed by atoms with E-state index < -0.39 is 14.3 Å². The Bertz CT molecular complexity index is 498. The van der Waals surface area contributed by atoms with Crippen LogP contribution < -0.4 is 0 Å². The van der Waals surface area contributed by atoms with Gasteiger partial charge in [-0.1, -0.05) is 36.9 Å². The molecule has 108 valence electrons. The zero-order valence-corrected chi connectivity index (χ0v) is 13.6. The predicted molar refractivity (Wildman–Crippen MR) is 84.6 cm³/mol. The summed E-state index contributed by atoms with van der Waals surface area (Å²) in [5, 5.41) is 0. The number of benzene rings is 1. The maximum Gasteiger partial charge on any atom is 0.341 e. The summed E-state index contributed by atoms with van der Waals surface area (Å²) < 4.78 is 10.9. The van der Waals surface area contributed by atoms with Crippen LogP contribution in [0.4, 0.5) is 0 Å². The van der Waals surface area contributed by atoms with Gasteiger partial charge in [0.2, 0.25) is 8.32 Å². The van der Waals surface area contributed by atoms with Crippen molar-refractivity contribution in [3.63, 3.8) is 0 Å². The van der Waals surface area contributed by atoms with E-state index >= 15 is 0 Å². The van der Waals surface area contributed by atoms with Gasteiger partial charge < -0.3 is 9.16 Å². The Kier molecular flexibility index (Phi) is 5.76. The summed E-state index contributed by atoms with van der Waals surface area (Å²) in [7, 11) is -1.82. The van der Waals surface area contributed by atoms with Crippen molar-refractivity contribution in [1.29, 1.82) is 0 Å². The second-order valence-electron chi connectivity index (χ2n) is 5.33. The third-order valence-corrected chi connectivity index (χ3v) is 3.19. The Morgan fingerprint density at radius 2 is 1.85 bits per heavy atom. The number of hydrogen-bond donors (Lipinski definition) is 0. The second kappa shape index (κ2) is 7.10. The monoisotopic (exact) mass is 290 g/mol. The molecule has 1 aromatic rings. The number of carbonyl (C=O) groups excluding carboxylic acids is 1. The fourth-order valence-electron chi connectivity index (χ4n) is 1.60. The largest absolute Gasteiger partial charge is 0.544 e.